The zero-order valence-electron chi connectivity index (χ0n) is 13.0. The number of nitrogens with one attached hydrogen (secondary N) is 1. The summed E-state index contributed by atoms with van der Waals surface area (Å²) < 4.78 is 1.36. The second kappa shape index (κ2) is 6.70. The fourth-order valence-electron chi connectivity index (χ4n) is 2.34. The number of aliphatic hydroxyl groups excluding tert-OH is 1. The van der Waals surface area contributed by atoms with Crippen LogP contribution in [-0.4, -0.2) is 33.0 Å². The second-order valence-electron chi connectivity index (χ2n) is 5.86. The zero-order chi connectivity index (χ0) is 16.3. The first-order valence-corrected chi connectivity index (χ1v) is 7.33. The average molecular weight is 303 g/mol. The molecular formula is C16H21N3O3. The molecule has 0 aliphatic heterocycles. The molecule has 6 heteroatoms. The summed E-state index contributed by atoms with van der Waals surface area (Å²) >= 11 is 0. The first-order valence-electron chi connectivity index (χ1n) is 7.33. The number of aromatic nitrogens is 2. The van der Waals surface area contributed by atoms with E-state index in [-0.39, 0.29) is 12.1 Å². The highest BCUT2D eigenvalue weighted by molar-refractivity contribution is 5.93. The van der Waals surface area contributed by atoms with Crippen molar-refractivity contribution < 1.29 is 9.90 Å². The first-order chi connectivity index (χ1) is 10.4. The lowest BCUT2D eigenvalue weighted by Gasteiger charge is -2.13. The van der Waals surface area contributed by atoms with Crippen LogP contribution in [0.2, 0.25) is 0 Å². The Hall–Kier alpha value is -2.21. The predicted molar refractivity (Wildman–Crippen MR) is 84.0 cm³/mol. The number of fused-ring (bicyclic) bond motifs is 1. The largest absolute Gasteiger partial charge is 0.391 e. The molecule has 1 atom stereocenters. The summed E-state index contributed by atoms with van der Waals surface area (Å²) in [5.41, 5.74) is 0.951. The van der Waals surface area contributed by atoms with Crippen molar-refractivity contribution in [1.82, 2.24) is 14.7 Å². The summed E-state index contributed by atoms with van der Waals surface area (Å²) in [7, 11) is 0. The third kappa shape index (κ3) is 3.51. The zero-order valence-corrected chi connectivity index (χ0v) is 13.0. The van der Waals surface area contributed by atoms with E-state index in [1.807, 2.05) is 26.8 Å². The molecule has 2 rings (SSSR count). The molecule has 0 saturated heterocycles. The van der Waals surface area contributed by atoms with Gasteiger partial charge in [0.2, 0.25) is 0 Å². The molecule has 0 aliphatic carbocycles. The average Bonchev–Trinajstić information content (AvgIpc) is 2.45. The van der Waals surface area contributed by atoms with Gasteiger partial charge in [-0.05, 0) is 30.9 Å². The van der Waals surface area contributed by atoms with Crippen molar-refractivity contribution in [2.24, 2.45) is 5.92 Å². The lowest BCUT2D eigenvalue weighted by Crippen LogP contribution is -2.36. The van der Waals surface area contributed by atoms with E-state index in [1.165, 1.54) is 10.6 Å². The van der Waals surface area contributed by atoms with Crippen LogP contribution in [0.5, 0.6) is 0 Å². The molecule has 0 bridgehead atoms. The predicted octanol–water partition coefficient (Wildman–Crippen LogP) is 1.14. The Balaban J connectivity index is 2.19. The number of aliphatic hydroxyl groups is 1. The summed E-state index contributed by atoms with van der Waals surface area (Å²) in [6.45, 7) is 5.96. The minimum absolute atomic E-state index is 0.0279. The van der Waals surface area contributed by atoms with Gasteiger partial charge in [-0.1, -0.05) is 19.9 Å². The molecular weight excluding hydrogens is 282 g/mol. The number of carbonyl (C=O) groups excluding carboxylic acids is 1. The quantitative estimate of drug-likeness (QED) is 0.867. The third-order valence-electron chi connectivity index (χ3n) is 3.41. The normalized spacial score (nSPS) is 12.6. The van der Waals surface area contributed by atoms with Gasteiger partial charge in [-0.2, -0.15) is 0 Å². The molecule has 2 heterocycles. The summed E-state index contributed by atoms with van der Waals surface area (Å²) in [6.07, 6.45) is 2.84. The lowest BCUT2D eigenvalue weighted by atomic mass is 10.1. The molecule has 118 valence electrons. The van der Waals surface area contributed by atoms with Crippen LogP contribution in [0.1, 0.15) is 36.2 Å². The molecule has 0 fully saturated rings. The highest BCUT2D eigenvalue weighted by atomic mass is 16.3. The molecule has 0 radical (unpaired) electrons. The maximum absolute atomic E-state index is 12.3. The van der Waals surface area contributed by atoms with Gasteiger partial charge in [0.15, 0.2) is 0 Å². The van der Waals surface area contributed by atoms with Crippen LogP contribution in [0.3, 0.4) is 0 Å². The van der Waals surface area contributed by atoms with E-state index >= 15 is 0 Å². The van der Waals surface area contributed by atoms with E-state index in [4.69, 9.17) is 0 Å². The van der Waals surface area contributed by atoms with Crippen molar-refractivity contribution in [3.05, 3.63) is 46.0 Å². The van der Waals surface area contributed by atoms with Gasteiger partial charge in [0.05, 0.1) is 6.10 Å². The van der Waals surface area contributed by atoms with Crippen molar-refractivity contribution in [1.29, 1.82) is 0 Å². The van der Waals surface area contributed by atoms with Crippen LogP contribution in [-0.2, 0) is 0 Å². The molecule has 2 aromatic heterocycles. The Morgan fingerprint density at radius 1 is 1.45 bits per heavy atom. The minimum atomic E-state index is -0.623. The number of amides is 1. The van der Waals surface area contributed by atoms with Crippen molar-refractivity contribution >= 4 is 11.6 Å². The molecule has 2 N–H and O–H groups in total. The smallest absolute Gasteiger partial charge is 0.270 e. The molecule has 0 saturated carbocycles. The highest BCUT2D eigenvalue weighted by Crippen LogP contribution is 2.05. The maximum atomic E-state index is 12.3. The van der Waals surface area contributed by atoms with E-state index in [2.05, 4.69) is 10.3 Å². The fourth-order valence-corrected chi connectivity index (χ4v) is 2.34. The van der Waals surface area contributed by atoms with E-state index in [9.17, 15) is 14.7 Å². The van der Waals surface area contributed by atoms with Gasteiger partial charge in [0, 0.05) is 18.9 Å². The van der Waals surface area contributed by atoms with Crippen LogP contribution in [0.15, 0.2) is 29.3 Å². The van der Waals surface area contributed by atoms with Gasteiger partial charge in [-0.15, -0.1) is 0 Å². The Kier molecular flexibility index (Phi) is 4.92. The Bertz CT molecular complexity index is 737. The van der Waals surface area contributed by atoms with Gasteiger partial charge in [-0.3, -0.25) is 14.0 Å². The molecule has 0 aromatic carbocycles. The standard InChI is InChI=1S/C16H21N3O3/c1-10(2)7-12(20)8-18-15(21)13-9-17-14-11(3)5-4-6-19(14)16(13)22/h4-6,9-10,12,20H,7-8H2,1-3H3,(H,18,21). The van der Waals surface area contributed by atoms with Crippen LogP contribution in [0.25, 0.3) is 5.65 Å². The number of hydrogen-bond acceptors (Lipinski definition) is 4. The maximum Gasteiger partial charge on any atom is 0.270 e. The number of nitrogens with zero attached hydrogens (tertiary/aromatic N) is 2. The SMILES string of the molecule is Cc1cccn2c(=O)c(C(=O)NCC(O)CC(C)C)cnc12. The Morgan fingerprint density at radius 2 is 2.18 bits per heavy atom. The summed E-state index contributed by atoms with van der Waals surface area (Å²) in [6, 6.07) is 3.59. The molecule has 1 amide bonds. The summed E-state index contributed by atoms with van der Waals surface area (Å²) in [5.74, 6) is -0.181. The highest BCUT2D eigenvalue weighted by Gasteiger charge is 2.15. The number of carbonyl (C=O) groups is 1. The monoisotopic (exact) mass is 303 g/mol. The van der Waals surface area contributed by atoms with E-state index < -0.39 is 17.6 Å². The summed E-state index contributed by atoms with van der Waals surface area (Å²) in [4.78, 5) is 28.6. The number of aryl methyl sites for hydroxylation is 1. The number of pyridine rings is 1. The number of rotatable bonds is 5. The van der Waals surface area contributed by atoms with Gasteiger partial charge in [0.1, 0.15) is 11.2 Å². The third-order valence-corrected chi connectivity index (χ3v) is 3.41. The van der Waals surface area contributed by atoms with E-state index in [0.717, 1.165) is 5.56 Å². The van der Waals surface area contributed by atoms with Crippen LogP contribution < -0.4 is 10.9 Å². The van der Waals surface area contributed by atoms with E-state index in [1.54, 1.807) is 12.3 Å². The van der Waals surface area contributed by atoms with Crippen LogP contribution in [0, 0.1) is 12.8 Å². The van der Waals surface area contributed by atoms with Gasteiger partial charge < -0.3 is 10.4 Å². The van der Waals surface area contributed by atoms with Crippen molar-refractivity contribution in [2.45, 2.75) is 33.3 Å². The molecule has 22 heavy (non-hydrogen) atoms. The Morgan fingerprint density at radius 3 is 2.86 bits per heavy atom. The lowest BCUT2D eigenvalue weighted by molar-refractivity contribution is 0.0898. The molecule has 1 unspecified atom stereocenters. The van der Waals surface area contributed by atoms with Crippen LogP contribution >= 0.6 is 0 Å². The van der Waals surface area contributed by atoms with Gasteiger partial charge >= 0.3 is 0 Å². The van der Waals surface area contributed by atoms with Crippen molar-refractivity contribution in [2.75, 3.05) is 6.54 Å². The summed E-state index contributed by atoms with van der Waals surface area (Å²) in [5, 5.41) is 12.4. The Labute approximate surface area is 128 Å². The molecule has 0 aliphatic rings. The van der Waals surface area contributed by atoms with E-state index in [0.29, 0.717) is 18.0 Å². The van der Waals surface area contributed by atoms with Crippen molar-refractivity contribution in [3.63, 3.8) is 0 Å². The van der Waals surface area contributed by atoms with Gasteiger partial charge in [-0.25, -0.2) is 4.98 Å². The molecule has 6 nitrogen and oxygen atoms in total. The van der Waals surface area contributed by atoms with Crippen LogP contribution in [0.4, 0.5) is 0 Å². The fraction of sp³-hybridized carbons (Fsp3) is 0.438. The minimum Gasteiger partial charge on any atom is -0.391 e. The van der Waals surface area contributed by atoms with Crippen molar-refractivity contribution in [3.8, 4) is 0 Å². The molecule has 0 spiro atoms. The first kappa shape index (κ1) is 16.2. The second-order valence-corrected chi connectivity index (χ2v) is 5.86. The van der Waals surface area contributed by atoms with Gasteiger partial charge in [0.25, 0.3) is 11.5 Å². The molecule has 2 aromatic rings. The number of hydrogen-bond donors (Lipinski definition) is 2. The topological polar surface area (TPSA) is 83.7 Å².